The highest BCUT2D eigenvalue weighted by Crippen LogP contribution is 2.22. The van der Waals surface area contributed by atoms with Crippen LogP contribution in [0.25, 0.3) is 0 Å². The van der Waals surface area contributed by atoms with Gasteiger partial charge >= 0.3 is 0 Å². The summed E-state index contributed by atoms with van der Waals surface area (Å²) < 4.78 is 10.3. The molecule has 5 nitrogen and oxygen atoms in total. The first-order valence-electron chi connectivity index (χ1n) is 6.74. The highest BCUT2D eigenvalue weighted by molar-refractivity contribution is 5.11. The largest absolute Gasteiger partial charge is 0.425 e. The first-order valence-corrected chi connectivity index (χ1v) is 6.74. The normalized spacial score (nSPS) is 12.0. The summed E-state index contributed by atoms with van der Waals surface area (Å²) in [6, 6.07) is 1.97. The van der Waals surface area contributed by atoms with E-state index < -0.39 is 0 Å². The lowest BCUT2D eigenvalue weighted by molar-refractivity contribution is 0.327. The molecule has 0 aliphatic rings. The van der Waals surface area contributed by atoms with Crippen LogP contribution in [-0.4, -0.2) is 15.4 Å². The van der Waals surface area contributed by atoms with Crippen LogP contribution in [0.4, 0.5) is 0 Å². The van der Waals surface area contributed by atoms with Crippen LogP contribution in [-0.2, 0) is 10.8 Å². The van der Waals surface area contributed by atoms with E-state index in [1.807, 2.05) is 33.8 Å². The van der Waals surface area contributed by atoms with E-state index in [1.54, 1.807) is 6.92 Å². The molecular formula is C15H25N3O2. The highest BCUT2D eigenvalue weighted by atomic mass is 16.5. The van der Waals surface area contributed by atoms with Crippen molar-refractivity contribution in [1.82, 2.24) is 15.4 Å². The van der Waals surface area contributed by atoms with Gasteiger partial charge in [-0.2, -0.15) is 0 Å². The zero-order chi connectivity index (χ0) is 15.6. The van der Waals surface area contributed by atoms with Crippen LogP contribution in [0.1, 0.15) is 64.8 Å². The average Bonchev–Trinajstić information content (AvgIpc) is 2.85. The Morgan fingerprint density at radius 2 is 1.50 bits per heavy atom. The molecule has 2 aromatic heterocycles. The molecule has 0 bridgehead atoms. The van der Waals surface area contributed by atoms with E-state index >= 15 is 0 Å². The first kappa shape index (κ1) is 16.4. The third-order valence-corrected chi connectivity index (χ3v) is 2.53. The Labute approximate surface area is 120 Å². The predicted octanol–water partition coefficient (Wildman–Crippen LogP) is 3.96. The van der Waals surface area contributed by atoms with E-state index in [0.29, 0.717) is 11.8 Å². The summed E-state index contributed by atoms with van der Waals surface area (Å²) in [5, 5.41) is 11.4. The summed E-state index contributed by atoms with van der Waals surface area (Å²) in [6.07, 6.45) is 0. The molecule has 0 spiro atoms. The number of hydrogen-bond acceptors (Lipinski definition) is 5. The summed E-state index contributed by atoms with van der Waals surface area (Å²) in [5.74, 6) is 2.28. The number of hydrogen-bond donors (Lipinski definition) is 0. The van der Waals surface area contributed by atoms with Crippen LogP contribution >= 0.6 is 0 Å². The Morgan fingerprint density at radius 1 is 0.900 bits per heavy atom. The van der Waals surface area contributed by atoms with Crippen molar-refractivity contribution in [3.8, 4) is 0 Å². The maximum Gasteiger partial charge on any atom is 0.221 e. The van der Waals surface area contributed by atoms with Gasteiger partial charge in [-0.25, -0.2) is 0 Å². The Hall–Kier alpha value is -1.65. The second-order valence-electron chi connectivity index (χ2n) is 6.96. The zero-order valence-corrected chi connectivity index (χ0v) is 13.7. The second kappa shape index (κ2) is 5.77. The average molecular weight is 279 g/mol. The van der Waals surface area contributed by atoms with Gasteiger partial charge in [0, 0.05) is 23.8 Å². The fourth-order valence-corrected chi connectivity index (χ4v) is 1.32. The van der Waals surface area contributed by atoms with Crippen LogP contribution in [0.2, 0.25) is 0 Å². The van der Waals surface area contributed by atoms with Crippen molar-refractivity contribution in [1.29, 1.82) is 0 Å². The molecule has 0 radical (unpaired) electrons. The molecule has 0 atom stereocenters. The van der Waals surface area contributed by atoms with Gasteiger partial charge in [-0.1, -0.05) is 46.7 Å². The highest BCUT2D eigenvalue weighted by Gasteiger charge is 2.20. The molecule has 0 fully saturated rings. The van der Waals surface area contributed by atoms with Crippen LogP contribution in [0.15, 0.2) is 15.0 Å². The minimum Gasteiger partial charge on any atom is -0.425 e. The second-order valence-corrected chi connectivity index (χ2v) is 6.96. The molecule has 2 aromatic rings. The number of aryl methyl sites for hydroxylation is 2. The monoisotopic (exact) mass is 279 g/mol. The Bertz CT molecular complexity index is 492. The van der Waals surface area contributed by atoms with E-state index in [4.69, 9.17) is 8.94 Å². The number of aromatic nitrogens is 3. The summed E-state index contributed by atoms with van der Waals surface area (Å²) >= 11 is 0. The van der Waals surface area contributed by atoms with Gasteiger partial charge in [0.15, 0.2) is 0 Å². The zero-order valence-electron chi connectivity index (χ0n) is 13.7. The van der Waals surface area contributed by atoms with E-state index in [2.05, 4.69) is 36.1 Å². The van der Waals surface area contributed by atoms with Gasteiger partial charge < -0.3 is 8.94 Å². The molecule has 112 valence electrons. The van der Waals surface area contributed by atoms with Crippen LogP contribution in [0, 0.1) is 13.8 Å². The summed E-state index contributed by atoms with van der Waals surface area (Å²) in [5.41, 5.74) is 1.01. The molecule has 0 saturated heterocycles. The molecule has 0 saturated carbocycles. The molecule has 5 heteroatoms. The fraction of sp³-hybridized carbons (Fsp3) is 0.667. The molecule has 0 unspecified atom stereocenters. The SMILES string of the molecule is Cc1cc(C(C)(C)C)on1.Cc1nnc(C(C)(C)C)o1. The minimum absolute atomic E-state index is 0.0265. The molecule has 0 aromatic carbocycles. The van der Waals surface area contributed by atoms with Gasteiger partial charge in [0.2, 0.25) is 11.8 Å². The van der Waals surface area contributed by atoms with Crippen molar-refractivity contribution >= 4 is 0 Å². The third kappa shape index (κ3) is 4.79. The lowest BCUT2D eigenvalue weighted by atomic mass is 9.93. The summed E-state index contributed by atoms with van der Waals surface area (Å²) in [7, 11) is 0. The fourth-order valence-electron chi connectivity index (χ4n) is 1.32. The number of nitrogens with zero attached hydrogens (tertiary/aromatic N) is 3. The molecule has 20 heavy (non-hydrogen) atoms. The molecule has 2 rings (SSSR count). The van der Waals surface area contributed by atoms with Gasteiger partial charge in [-0.3, -0.25) is 0 Å². The van der Waals surface area contributed by atoms with E-state index in [0.717, 1.165) is 11.5 Å². The Kier molecular flexibility index (Phi) is 4.73. The van der Waals surface area contributed by atoms with Crippen LogP contribution in [0.3, 0.4) is 0 Å². The molecule has 0 aliphatic carbocycles. The lowest BCUT2D eigenvalue weighted by Gasteiger charge is -2.11. The van der Waals surface area contributed by atoms with Gasteiger partial charge in [0.05, 0.1) is 5.69 Å². The number of rotatable bonds is 0. The van der Waals surface area contributed by atoms with Crippen molar-refractivity contribution in [2.45, 2.75) is 66.2 Å². The maximum absolute atomic E-state index is 5.23. The van der Waals surface area contributed by atoms with E-state index in [1.165, 1.54) is 0 Å². The molecule has 2 heterocycles. The van der Waals surface area contributed by atoms with Crippen LogP contribution < -0.4 is 0 Å². The standard InChI is InChI=1S/C8H13NO.C7H12N2O/c1-6-5-7(10-9-6)8(2,3)4;1-5-8-9-6(10-5)7(2,3)4/h5H,1-4H3;1-4H3. The molecule has 0 aliphatic heterocycles. The van der Waals surface area contributed by atoms with Gasteiger partial charge in [0.1, 0.15) is 5.76 Å². The molecule has 0 N–H and O–H groups in total. The van der Waals surface area contributed by atoms with Crippen molar-refractivity contribution in [2.24, 2.45) is 0 Å². The van der Waals surface area contributed by atoms with Crippen molar-refractivity contribution < 1.29 is 8.94 Å². The molecular weight excluding hydrogens is 254 g/mol. The topological polar surface area (TPSA) is 65.0 Å². The van der Waals surface area contributed by atoms with Crippen molar-refractivity contribution in [2.75, 3.05) is 0 Å². The van der Waals surface area contributed by atoms with Gasteiger partial charge in [-0.05, 0) is 6.92 Å². The third-order valence-electron chi connectivity index (χ3n) is 2.53. The Balaban J connectivity index is 0.000000200. The van der Waals surface area contributed by atoms with Crippen LogP contribution in [0.5, 0.6) is 0 Å². The lowest BCUT2D eigenvalue weighted by Crippen LogP contribution is -2.11. The maximum atomic E-state index is 5.23. The summed E-state index contributed by atoms with van der Waals surface area (Å²) in [4.78, 5) is 0. The van der Waals surface area contributed by atoms with Gasteiger partial charge in [-0.15, -0.1) is 10.2 Å². The molecule has 0 amide bonds. The van der Waals surface area contributed by atoms with Crippen molar-refractivity contribution in [3.05, 3.63) is 29.3 Å². The van der Waals surface area contributed by atoms with E-state index in [-0.39, 0.29) is 10.8 Å². The van der Waals surface area contributed by atoms with Crippen molar-refractivity contribution in [3.63, 3.8) is 0 Å². The Morgan fingerprint density at radius 3 is 1.70 bits per heavy atom. The van der Waals surface area contributed by atoms with E-state index in [9.17, 15) is 0 Å². The quantitative estimate of drug-likeness (QED) is 0.730. The minimum atomic E-state index is -0.0265. The summed E-state index contributed by atoms with van der Waals surface area (Å²) in [6.45, 7) is 16.2. The van der Waals surface area contributed by atoms with Gasteiger partial charge in [0.25, 0.3) is 0 Å². The first-order chi connectivity index (χ1) is 9.00. The predicted molar refractivity (Wildman–Crippen MR) is 77.7 cm³/mol. The smallest absolute Gasteiger partial charge is 0.221 e.